The first kappa shape index (κ1) is 21.3. The van der Waals surface area contributed by atoms with E-state index < -0.39 is 42.1 Å². The molecule has 2 atom stereocenters. The number of carboxylic acid groups (broad SMARTS) is 1. The fourth-order valence-corrected chi connectivity index (χ4v) is 1.43. The summed E-state index contributed by atoms with van der Waals surface area (Å²) in [6.45, 7) is 4.86. The first-order valence-electron chi connectivity index (χ1n) is 7.34. The van der Waals surface area contributed by atoms with Gasteiger partial charge in [0, 0.05) is 12.8 Å². The number of carboxylic acids is 1. The van der Waals surface area contributed by atoms with Gasteiger partial charge in [0.1, 0.15) is 6.04 Å². The lowest BCUT2D eigenvalue weighted by Crippen LogP contribution is -2.43. The van der Waals surface area contributed by atoms with Crippen LogP contribution in [0.15, 0.2) is 0 Å². The summed E-state index contributed by atoms with van der Waals surface area (Å²) in [5, 5.41) is 11.1. The number of nitrogens with one attached hydrogen (secondary N) is 2. The SMILES string of the molecule is CCC(OC(=O)N[C@@H](CCC(=O)C=[N+]=N)C(=O)O)OC(=O)C(C)C. The van der Waals surface area contributed by atoms with Gasteiger partial charge in [-0.25, -0.2) is 9.59 Å². The second-order valence-corrected chi connectivity index (χ2v) is 5.13. The van der Waals surface area contributed by atoms with E-state index in [0.717, 1.165) is 6.21 Å². The average Bonchev–Trinajstić information content (AvgIpc) is 2.50. The largest absolute Gasteiger partial charge is 0.480 e. The quantitative estimate of drug-likeness (QED) is 0.173. The molecular formula is C14H22N3O7+. The molecule has 0 saturated heterocycles. The first-order chi connectivity index (χ1) is 11.2. The minimum Gasteiger partial charge on any atom is -0.480 e. The van der Waals surface area contributed by atoms with Gasteiger partial charge in [-0.2, -0.15) is 0 Å². The van der Waals surface area contributed by atoms with Crippen molar-refractivity contribution in [2.45, 2.75) is 52.4 Å². The maximum Gasteiger partial charge on any atom is 0.410 e. The van der Waals surface area contributed by atoms with Gasteiger partial charge in [0.15, 0.2) is 0 Å². The second kappa shape index (κ2) is 10.9. The fourth-order valence-electron chi connectivity index (χ4n) is 1.43. The fraction of sp³-hybridized carbons (Fsp3) is 0.643. The smallest absolute Gasteiger partial charge is 0.410 e. The molecule has 10 heteroatoms. The number of alkyl carbamates (subject to hydrolysis) is 1. The summed E-state index contributed by atoms with van der Waals surface area (Å²) in [5.41, 5.74) is 6.50. The molecule has 0 spiro atoms. The highest BCUT2D eigenvalue weighted by molar-refractivity contribution is 6.25. The molecule has 0 aliphatic carbocycles. The number of carbonyl (C=O) groups excluding carboxylic acids is 3. The van der Waals surface area contributed by atoms with Crippen molar-refractivity contribution in [1.29, 1.82) is 5.53 Å². The highest BCUT2D eigenvalue weighted by Gasteiger charge is 2.25. The van der Waals surface area contributed by atoms with E-state index in [2.05, 4.69) is 10.1 Å². The molecule has 0 aliphatic rings. The summed E-state index contributed by atoms with van der Waals surface area (Å²) >= 11 is 0. The number of aliphatic carboxylic acids is 1. The van der Waals surface area contributed by atoms with Crippen LogP contribution in [0.3, 0.4) is 0 Å². The summed E-state index contributed by atoms with van der Waals surface area (Å²) in [6.07, 6.45) is -1.67. The van der Waals surface area contributed by atoms with E-state index in [1.54, 1.807) is 20.8 Å². The monoisotopic (exact) mass is 344 g/mol. The second-order valence-electron chi connectivity index (χ2n) is 5.13. The number of nitrogens with zero attached hydrogens (tertiary/aromatic N) is 1. The topological polar surface area (TPSA) is 157 Å². The molecule has 1 amide bonds. The summed E-state index contributed by atoms with van der Waals surface area (Å²) in [5.74, 6) is -2.84. The van der Waals surface area contributed by atoms with Gasteiger partial charge in [-0.3, -0.25) is 9.59 Å². The third-order valence-corrected chi connectivity index (χ3v) is 2.77. The van der Waals surface area contributed by atoms with E-state index in [1.807, 2.05) is 0 Å². The lowest BCUT2D eigenvalue weighted by atomic mass is 10.1. The summed E-state index contributed by atoms with van der Waals surface area (Å²) in [4.78, 5) is 48.3. The summed E-state index contributed by atoms with van der Waals surface area (Å²) < 4.78 is 9.80. The Hall–Kier alpha value is -2.74. The van der Waals surface area contributed by atoms with Crippen molar-refractivity contribution in [1.82, 2.24) is 5.32 Å². The number of esters is 1. The number of ether oxygens (including phenoxy) is 2. The standard InChI is InChI=1S/C14H21N3O7/c1-4-11(23-13(21)8(2)3)24-14(22)17-10(12(19)20)6-5-9(18)7-16-15/h7-8,10-11,15H,4-6H2,1-3H3,(H-,17,19,20,22)/p+1/t10-,11?/m0/s1. The Morgan fingerprint density at radius 1 is 1.25 bits per heavy atom. The predicted molar refractivity (Wildman–Crippen MR) is 79.3 cm³/mol. The zero-order valence-electron chi connectivity index (χ0n) is 13.8. The van der Waals surface area contributed by atoms with E-state index in [-0.39, 0.29) is 19.3 Å². The van der Waals surface area contributed by atoms with Crippen molar-refractivity contribution in [3.05, 3.63) is 0 Å². The van der Waals surface area contributed by atoms with Crippen molar-refractivity contribution < 1.29 is 38.5 Å². The predicted octanol–water partition coefficient (Wildman–Crippen LogP) is 0.760. The minimum atomic E-state index is -1.36. The van der Waals surface area contributed by atoms with Gasteiger partial charge in [0.05, 0.1) is 16.2 Å². The Kier molecular flexibility index (Phi) is 9.65. The molecule has 0 aliphatic heterocycles. The van der Waals surface area contributed by atoms with Crippen LogP contribution < -0.4 is 5.32 Å². The molecule has 0 aromatic rings. The van der Waals surface area contributed by atoms with Gasteiger partial charge in [-0.05, 0) is 6.42 Å². The first-order valence-corrected chi connectivity index (χ1v) is 7.34. The number of ketones is 1. The van der Waals surface area contributed by atoms with Crippen LogP contribution in [0, 0.1) is 11.4 Å². The molecular weight excluding hydrogens is 322 g/mol. The van der Waals surface area contributed by atoms with Crippen molar-refractivity contribution in [3.63, 3.8) is 0 Å². The number of Topliss-reactive ketones (excluding diaryl/α,β-unsaturated/α-hetero) is 1. The molecule has 10 nitrogen and oxygen atoms in total. The molecule has 0 saturated carbocycles. The zero-order chi connectivity index (χ0) is 18.7. The van der Waals surface area contributed by atoms with Crippen LogP contribution in [0.1, 0.15) is 40.0 Å². The van der Waals surface area contributed by atoms with Gasteiger partial charge >= 0.3 is 24.2 Å². The number of amides is 1. The van der Waals surface area contributed by atoms with Gasteiger partial charge in [-0.15, -0.1) is 0 Å². The van der Waals surface area contributed by atoms with Gasteiger partial charge < -0.3 is 19.9 Å². The third-order valence-electron chi connectivity index (χ3n) is 2.77. The Labute approximate surface area is 138 Å². The molecule has 0 rings (SSSR count). The maximum absolute atomic E-state index is 11.7. The molecule has 134 valence electrons. The van der Waals surface area contributed by atoms with Crippen LogP contribution in [0.5, 0.6) is 0 Å². The van der Waals surface area contributed by atoms with Crippen molar-refractivity contribution in [2.24, 2.45) is 5.92 Å². The highest BCUT2D eigenvalue weighted by atomic mass is 16.7. The van der Waals surface area contributed by atoms with Gasteiger partial charge in [0.2, 0.25) is 12.1 Å². The molecule has 0 radical (unpaired) electrons. The normalized spacial score (nSPS) is 12.5. The van der Waals surface area contributed by atoms with Gasteiger partial charge in [0.25, 0.3) is 0 Å². The van der Waals surface area contributed by atoms with Crippen LogP contribution in [0.2, 0.25) is 0 Å². The summed E-state index contributed by atoms with van der Waals surface area (Å²) in [7, 11) is 0. The summed E-state index contributed by atoms with van der Waals surface area (Å²) in [6, 6.07) is -1.36. The van der Waals surface area contributed by atoms with E-state index >= 15 is 0 Å². The zero-order valence-corrected chi connectivity index (χ0v) is 13.8. The molecule has 0 aromatic carbocycles. The maximum atomic E-state index is 11.7. The molecule has 24 heavy (non-hydrogen) atoms. The molecule has 0 bridgehead atoms. The van der Waals surface area contributed by atoms with Crippen molar-refractivity contribution in [3.8, 4) is 0 Å². The van der Waals surface area contributed by atoms with Crippen LogP contribution in [-0.2, 0) is 23.9 Å². The number of hydrogen-bond acceptors (Lipinski definition) is 7. The van der Waals surface area contributed by atoms with Crippen LogP contribution >= 0.6 is 0 Å². The molecule has 0 heterocycles. The van der Waals surface area contributed by atoms with Crippen LogP contribution in [0.25, 0.3) is 0 Å². The molecule has 0 aromatic heterocycles. The number of carbonyl (C=O) groups is 4. The van der Waals surface area contributed by atoms with Crippen molar-refractivity contribution in [2.75, 3.05) is 0 Å². The van der Waals surface area contributed by atoms with Crippen LogP contribution in [-0.4, -0.2) is 52.3 Å². The molecule has 0 fully saturated rings. The Balaban J connectivity index is 4.59. The molecule has 3 N–H and O–H groups in total. The minimum absolute atomic E-state index is 0.196. The van der Waals surface area contributed by atoms with Crippen LogP contribution in [0.4, 0.5) is 4.79 Å². The number of rotatable bonds is 10. The van der Waals surface area contributed by atoms with E-state index in [9.17, 15) is 19.2 Å². The lowest BCUT2D eigenvalue weighted by molar-refractivity contribution is -0.172. The third kappa shape index (κ3) is 8.64. The number of hydrogen-bond donors (Lipinski definition) is 3. The van der Waals surface area contributed by atoms with Crippen molar-refractivity contribution >= 4 is 30.0 Å². The van der Waals surface area contributed by atoms with E-state index in [0.29, 0.717) is 0 Å². The lowest BCUT2D eigenvalue weighted by Gasteiger charge is -2.20. The Morgan fingerprint density at radius 2 is 1.88 bits per heavy atom. The Morgan fingerprint density at radius 3 is 2.33 bits per heavy atom. The molecule has 1 unspecified atom stereocenters. The van der Waals surface area contributed by atoms with Gasteiger partial charge in [-0.1, -0.05) is 20.8 Å². The average molecular weight is 344 g/mol. The highest BCUT2D eigenvalue weighted by Crippen LogP contribution is 2.07. The van der Waals surface area contributed by atoms with E-state index in [1.165, 1.54) is 0 Å². The van der Waals surface area contributed by atoms with E-state index in [4.69, 9.17) is 20.1 Å². The Bertz CT molecular complexity index is 526.